The summed E-state index contributed by atoms with van der Waals surface area (Å²) in [7, 11) is 0. The molecule has 0 radical (unpaired) electrons. The fraction of sp³-hybridized carbons (Fsp3) is 0.105. The van der Waals surface area contributed by atoms with Gasteiger partial charge in [0.15, 0.2) is 18.1 Å². The molecular formula is C38H43N11. The minimum absolute atomic E-state index is 0.389. The second-order valence-corrected chi connectivity index (χ2v) is 10.4. The van der Waals surface area contributed by atoms with E-state index in [2.05, 4.69) is 43.2 Å². The summed E-state index contributed by atoms with van der Waals surface area (Å²) in [5.41, 5.74) is 27.0. The van der Waals surface area contributed by atoms with E-state index < -0.39 is 0 Å². The van der Waals surface area contributed by atoms with E-state index in [-0.39, 0.29) is 0 Å². The number of nitriles is 1. The number of nitrogen functional groups attached to an aromatic ring is 1. The van der Waals surface area contributed by atoms with Gasteiger partial charge in [-0.05, 0) is 58.7 Å². The highest BCUT2D eigenvalue weighted by Crippen LogP contribution is 2.09. The molecule has 0 fully saturated rings. The molecule has 11 nitrogen and oxygen atoms in total. The van der Waals surface area contributed by atoms with Crippen LogP contribution in [0, 0.1) is 11.5 Å². The van der Waals surface area contributed by atoms with Crippen LogP contribution in [0.1, 0.15) is 22.3 Å². The van der Waals surface area contributed by atoms with Gasteiger partial charge in [0.05, 0.1) is 19.6 Å². The Kier molecular flexibility index (Phi) is 16.4. The van der Waals surface area contributed by atoms with Crippen molar-refractivity contribution in [2.45, 2.75) is 26.2 Å². The molecule has 5 rings (SSSR count). The Bertz CT molecular complexity index is 1660. The molecule has 0 saturated carbocycles. The lowest BCUT2D eigenvalue weighted by Crippen LogP contribution is -2.22. The standard InChI is InChI=1S/C22H24N6.C10H12N4.C6H7N/c23-21(27-19-7-3-1-4-8-19)25-15-17-11-13-18(14-12-17)16-26-22(24)28-20-9-5-2-6-10-20;1-12-14-7-10-4-2-9(3-5-10)6-13-8-11;7-6-4-2-1-3-5-6/h1-14H,15-16H2,(H3,23,25,27)(H3,24,26,28);2-5,13-14H,1,6-7H2;1-5H,7H2. The predicted molar refractivity (Wildman–Crippen MR) is 203 cm³/mol. The topological polar surface area (TPSA) is 187 Å². The fourth-order valence-electron chi connectivity index (χ4n) is 4.04. The first-order valence-corrected chi connectivity index (χ1v) is 15.5. The molecule has 11 heteroatoms. The van der Waals surface area contributed by atoms with Crippen LogP contribution < -0.4 is 38.6 Å². The molecule has 0 aliphatic rings. The Hall–Kier alpha value is -6.80. The summed E-state index contributed by atoms with van der Waals surface area (Å²) in [6, 6.07) is 44.9. The highest BCUT2D eigenvalue weighted by Gasteiger charge is 1.98. The van der Waals surface area contributed by atoms with Crippen LogP contribution in [0.15, 0.2) is 155 Å². The van der Waals surface area contributed by atoms with Crippen molar-refractivity contribution >= 4 is 35.7 Å². The molecule has 10 N–H and O–H groups in total. The summed E-state index contributed by atoms with van der Waals surface area (Å²) in [5.74, 6) is 0.777. The van der Waals surface area contributed by atoms with Gasteiger partial charge in [-0.2, -0.15) is 10.4 Å². The number of aliphatic imine (C=N–C) groups is 2. The fourth-order valence-corrected chi connectivity index (χ4v) is 4.04. The summed E-state index contributed by atoms with van der Waals surface area (Å²) in [4.78, 5) is 8.73. The van der Waals surface area contributed by atoms with E-state index in [1.54, 1.807) is 0 Å². The summed E-state index contributed by atoms with van der Waals surface area (Å²) in [6.07, 6.45) is 1.88. The average Bonchev–Trinajstić information content (AvgIpc) is 3.14. The zero-order chi connectivity index (χ0) is 34.9. The number of nitrogens with zero attached hydrogens (tertiary/aromatic N) is 4. The number of hydrazone groups is 1. The minimum atomic E-state index is 0.389. The number of guanidine groups is 2. The maximum atomic E-state index is 8.31. The van der Waals surface area contributed by atoms with E-state index >= 15 is 0 Å². The molecule has 0 aliphatic carbocycles. The van der Waals surface area contributed by atoms with Gasteiger partial charge in [0.1, 0.15) is 0 Å². The Balaban J connectivity index is 0.000000254. The highest BCUT2D eigenvalue weighted by molar-refractivity contribution is 5.92. The van der Waals surface area contributed by atoms with Crippen LogP contribution in [0.25, 0.3) is 0 Å². The van der Waals surface area contributed by atoms with Crippen molar-refractivity contribution in [3.8, 4) is 6.19 Å². The maximum absolute atomic E-state index is 8.31. The average molecular weight is 654 g/mol. The Morgan fingerprint density at radius 1 is 0.571 bits per heavy atom. The van der Waals surface area contributed by atoms with Crippen LogP contribution in [0.4, 0.5) is 17.1 Å². The quantitative estimate of drug-likeness (QED) is 0.0234. The smallest absolute Gasteiger partial charge is 0.193 e. The lowest BCUT2D eigenvalue weighted by atomic mass is 10.1. The number of rotatable bonds is 11. The third-order valence-corrected chi connectivity index (χ3v) is 6.57. The molecule has 0 spiro atoms. The number of benzene rings is 5. The number of nitrogens with two attached hydrogens (primary N) is 3. The second-order valence-electron chi connectivity index (χ2n) is 10.4. The van der Waals surface area contributed by atoms with Crippen LogP contribution in [-0.4, -0.2) is 18.6 Å². The van der Waals surface area contributed by atoms with Crippen LogP contribution in [0.2, 0.25) is 0 Å². The van der Waals surface area contributed by atoms with Crippen LogP contribution in [0.3, 0.4) is 0 Å². The predicted octanol–water partition coefficient (Wildman–Crippen LogP) is 5.77. The van der Waals surface area contributed by atoms with Crippen molar-refractivity contribution in [1.29, 1.82) is 5.26 Å². The van der Waals surface area contributed by atoms with E-state index in [0.717, 1.165) is 39.3 Å². The summed E-state index contributed by atoms with van der Waals surface area (Å²) in [6.45, 7) is 5.59. The largest absolute Gasteiger partial charge is 0.399 e. The molecule has 0 heterocycles. The monoisotopic (exact) mass is 653 g/mol. The zero-order valence-electron chi connectivity index (χ0n) is 27.3. The molecule has 5 aromatic rings. The summed E-state index contributed by atoms with van der Waals surface area (Å²) in [5, 5.41) is 20.6. The third kappa shape index (κ3) is 15.9. The number of para-hydroxylation sites is 3. The molecule has 250 valence electrons. The molecule has 0 amide bonds. The van der Waals surface area contributed by atoms with Gasteiger partial charge < -0.3 is 38.6 Å². The Morgan fingerprint density at radius 3 is 1.33 bits per heavy atom. The van der Waals surface area contributed by atoms with Gasteiger partial charge in [0.2, 0.25) is 0 Å². The highest BCUT2D eigenvalue weighted by atomic mass is 15.3. The van der Waals surface area contributed by atoms with Crippen molar-refractivity contribution in [3.05, 3.63) is 162 Å². The van der Waals surface area contributed by atoms with Gasteiger partial charge in [-0.25, -0.2) is 9.98 Å². The molecule has 0 bridgehead atoms. The normalized spacial score (nSPS) is 10.5. The van der Waals surface area contributed by atoms with Gasteiger partial charge in [-0.1, -0.05) is 103 Å². The summed E-state index contributed by atoms with van der Waals surface area (Å²) >= 11 is 0. The minimum Gasteiger partial charge on any atom is -0.399 e. The van der Waals surface area contributed by atoms with Gasteiger partial charge in [0.25, 0.3) is 0 Å². The van der Waals surface area contributed by atoms with E-state index in [4.69, 9.17) is 22.5 Å². The Labute approximate surface area is 288 Å². The number of hydrogen-bond acceptors (Lipinski definition) is 7. The number of nitrogens with one attached hydrogen (secondary N) is 4. The first-order chi connectivity index (χ1) is 23.9. The van der Waals surface area contributed by atoms with E-state index in [1.807, 2.05) is 146 Å². The van der Waals surface area contributed by atoms with Gasteiger partial charge in [-0.15, -0.1) is 0 Å². The SMILES string of the molecule is C=NNCc1ccc(CNC#N)cc1.NC(=NCc1ccc(CN=C(N)Nc2ccccc2)cc1)Nc1ccccc1.Nc1ccccc1. The van der Waals surface area contributed by atoms with Crippen molar-refractivity contribution in [2.75, 3.05) is 16.4 Å². The maximum Gasteiger partial charge on any atom is 0.193 e. The van der Waals surface area contributed by atoms with Gasteiger partial charge in [-0.3, -0.25) is 0 Å². The first kappa shape index (κ1) is 36.7. The van der Waals surface area contributed by atoms with Crippen molar-refractivity contribution in [2.24, 2.45) is 26.6 Å². The second kappa shape index (κ2) is 21.9. The summed E-state index contributed by atoms with van der Waals surface area (Å²) < 4.78 is 0. The lowest BCUT2D eigenvalue weighted by Gasteiger charge is -2.06. The molecule has 0 saturated heterocycles. The molecule has 5 aromatic carbocycles. The molecule has 0 aromatic heterocycles. The van der Waals surface area contributed by atoms with Crippen molar-refractivity contribution < 1.29 is 0 Å². The molecule has 0 atom stereocenters. The number of anilines is 3. The van der Waals surface area contributed by atoms with Crippen molar-refractivity contribution in [1.82, 2.24) is 10.7 Å². The molecule has 0 aliphatic heterocycles. The first-order valence-electron chi connectivity index (χ1n) is 15.5. The molecule has 49 heavy (non-hydrogen) atoms. The van der Waals surface area contributed by atoms with E-state index in [0.29, 0.717) is 38.1 Å². The van der Waals surface area contributed by atoms with Gasteiger partial charge in [0, 0.05) is 30.3 Å². The van der Waals surface area contributed by atoms with E-state index in [9.17, 15) is 0 Å². The Morgan fingerprint density at radius 2 is 0.959 bits per heavy atom. The molecular weight excluding hydrogens is 610 g/mol. The number of hydrogen-bond donors (Lipinski definition) is 7. The van der Waals surface area contributed by atoms with E-state index in [1.165, 1.54) is 0 Å². The van der Waals surface area contributed by atoms with Gasteiger partial charge >= 0.3 is 0 Å². The lowest BCUT2D eigenvalue weighted by molar-refractivity contribution is 0.750. The third-order valence-electron chi connectivity index (χ3n) is 6.57. The zero-order valence-corrected chi connectivity index (χ0v) is 27.3. The van der Waals surface area contributed by atoms with Crippen molar-refractivity contribution in [3.63, 3.8) is 0 Å². The van der Waals surface area contributed by atoms with Crippen LogP contribution in [0.5, 0.6) is 0 Å². The van der Waals surface area contributed by atoms with Crippen LogP contribution in [-0.2, 0) is 26.2 Å². The van der Waals surface area contributed by atoms with Crippen LogP contribution >= 0.6 is 0 Å². The molecule has 0 unspecified atom stereocenters.